The Bertz CT molecular complexity index is 699. The van der Waals surface area contributed by atoms with Gasteiger partial charge >= 0.3 is 0 Å². The molecule has 0 aromatic heterocycles. The molecule has 0 saturated carbocycles. The lowest BCUT2D eigenvalue weighted by Crippen LogP contribution is -2.13. The van der Waals surface area contributed by atoms with E-state index < -0.39 is 10.0 Å². The molecule has 2 aromatic rings. The molecule has 0 fully saturated rings. The van der Waals surface area contributed by atoms with Gasteiger partial charge in [-0.2, -0.15) is 0 Å². The average Bonchev–Trinajstić information content (AvgIpc) is 2.34. The van der Waals surface area contributed by atoms with Crippen molar-refractivity contribution in [3.63, 3.8) is 0 Å². The quantitative estimate of drug-likeness (QED) is 0.891. The molecule has 0 atom stereocenters. The first-order chi connectivity index (χ1) is 8.88. The lowest BCUT2D eigenvalue weighted by atomic mass is 10.2. The summed E-state index contributed by atoms with van der Waals surface area (Å²) in [6, 6.07) is 11.6. The minimum Gasteiger partial charge on any atom is -0.278 e. The summed E-state index contributed by atoms with van der Waals surface area (Å²) in [5, 5.41) is 0.463. The van der Waals surface area contributed by atoms with Crippen LogP contribution >= 0.6 is 27.5 Å². The summed E-state index contributed by atoms with van der Waals surface area (Å²) in [5.74, 6) is 0. The van der Waals surface area contributed by atoms with Crippen LogP contribution < -0.4 is 4.72 Å². The van der Waals surface area contributed by atoms with Crippen molar-refractivity contribution >= 4 is 43.2 Å². The van der Waals surface area contributed by atoms with Gasteiger partial charge in [0, 0.05) is 9.50 Å². The van der Waals surface area contributed by atoms with Crippen LogP contribution in [0.5, 0.6) is 0 Å². The van der Waals surface area contributed by atoms with Crippen molar-refractivity contribution in [2.75, 3.05) is 4.72 Å². The highest BCUT2D eigenvalue weighted by atomic mass is 79.9. The number of rotatable bonds is 3. The van der Waals surface area contributed by atoms with Gasteiger partial charge in [0.25, 0.3) is 10.0 Å². The SMILES string of the molecule is Cc1ccc(S(=O)(=O)Nc2cc(Cl)ccc2Br)cc1. The maximum absolute atomic E-state index is 12.2. The van der Waals surface area contributed by atoms with Crippen LogP contribution in [0.1, 0.15) is 5.56 Å². The van der Waals surface area contributed by atoms with Crippen molar-refractivity contribution < 1.29 is 8.42 Å². The van der Waals surface area contributed by atoms with Gasteiger partial charge in [0.05, 0.1) is 10.6 Å². The number of aryl methyl sites for hydroxylation is 1. The number of nitrogens with one attached hydrogen (secondary N) is 1. The maximum Gasteiger partial charge on any atom is 0.261 e. The summed E-state index contributed by atoms with van der Waals surface area (Å²) < 4.78 is 27.5. The Balaban J connectivity index is 2.36. The zero-order valence-electron chi connectivity index (χ0n) is 10.0. The van der Waals surface area contributed by atoms with Gasteiger partial charge in [0.2, 0.25) is 0 Å². The minimum absolute atomic E-state index is 0.213. The summed E-state index contributed by atoms with van der Waals surface area (Å²) in [4.78, 5) is 0.213. The van der Waals surface area contributed by atoms with E-state index in [-0.39, 0.29) is 4.90 Å². The molecule has 3 nitrogen and oxygen atoms in total. The van der Waals surface area contributed by atoms with Crippen LogP contribution in [0.25, 0.3) is 0 Å². The second-order valence-electron chi connectivity index (χ2n) is 4.04. The zero-order valence-corrected chi connectivity index (χ0v) is 13.2. The normalized spacial score (nSPS) is 11.3. The van der Waals surface area contributed by atoms with Gasteiger partial charge in [-0.15, -0.1) is 0 Å². The number of sulfonamides is 1. The first-order valence-electron chi connectivity index (χ1n) is 5.43. The lowest BCUT2D eigenvalue weighted by molar-refractivity contribution is 0.601. The number of anilines is 1. The Morgan fingerprint density at radius 3 is 2.37 bits per heavy atom. The summed E-state index contributed by atoms with van der Waals surface area (Å²) in [5.41, 5.74) is 1.41. The lowest BCUT2D eigenvalue weighted by Gasteiger charge is -2.10. The molecule has 0 unspecified atom stereocenters. The van der Waals surface area contributed by atoms with E-state index in [0.29, 0.717) is 15.2 Å². The highest BCUT2D eigenvalue weighted by Crippen LogP contribution is 2.28. The predicted molar refractivity (Wildman–Crippen MR) is 81.1 cm³/mol. The third kappa shape index (κ3) is 3.49. The Hall–Kier alpha value is -1.04. The van der Waals surface area contributed by atoms with Gasteiger partial charge in [-0.1, -0.05) is 29.3 Å². The molecule has 0 spiro atoms. The van der Waals surface area contributed by atoms with Crippen molar-refractivity contribution in [2.24, 2.45) is 0 Å². The standard InChI is InChI=1S/C13H11BrClNO2S/c1-9-2-5-11(6-3-9)19(17,18)16-13-8-10(15)4-7-12(13)14/h2-8,16H,1H3. The molecule has 19 heavy (non-hydrogen) atoms. The van der Waals surface area contributed by atoms with Gasteiger partial charge in [-0.3, -0.25) is 4.72 Å². The molecule has 0 aliphatic rings. The van der Waals surface area contributed by atoms with Gasteiger partial charge in [0.1, 0.15) is 0 Å². The Morgan fingerprint density at radius 1 is 1.11 bits per heavy atom. The highest BCUT2D eigenvalue weighted by Gasteiger charge is 2.15. The van der Waals surface area contributed by atoms with E-state index in [1.807, 2.05) is 6.92 Å². The van der Waals surface area contributed by atoms with E-state index in [4.69, 9.17) is 11.6 Å². The third-order valence-electron chi connectivity index (χ3n) is 2.50. The van der Waals surface area contributed by atoms with E-state index in [1.54, 1.807) is 42.5 Å². The predicted octanol–water partition coefficient (Wildman–Crippen LogP) is 4.21. The molecule has 0 radical (unpaired) electrons. The summed E-state index contributed by atoms with van der Waals surface area (Å²) in [6.07, 6.45) is 0. The summed E-state index contributed by atoms with van der Waals surface area (Å²) in [7, 11) is -3.61. The highest BCUT2D eigenvalue weighted by molar-refractivity contribution is 9.10. The van der Waals surface area contributed by atoms with E-state index in [9.17, 15) is 8.42 Å². The number of halogens is 2. The maximum atomic E-state index is 12.2. The first-order valence-corrected chi connectivity index (χ1v) is 8.08. The van der Waals surface area contributed by atoms with Crippen LogP contribution in [0, 0.1) is 6.92 Å². The molecular formula is C13H11BrClNO2S. The van der Waals surface area contributed by atoms with Gasteiger partial charge in [-0.25, -0.2) is 8.42 Å². The zero-order chi connectivity index (χ0) is 14.0. The van der Waals surface area contributed by atoms with Crippen molar-refractivity contribution in [1.29, 1.82) is 0 Å². The minimum atomic E-state index is -3.61. The van der Waals surface area contributed by atoms with Crippen molar-refractivity contribution in [1.82, 2.24) is 0 Å². The molecular weight excluding hydrogens is 350 g/mol. The molecule has 1 N–H and O–H groups in total. The van der Waals surface area contributed by atoms with Crippen molar-refractivity contribution in [3.8, 4) is 0 Å². The van der Waals surface area contributed by atoms with Crippen LogP contribution in [0.4, 0.5) is 5.69 Å². The first kappa shape index (κ1) is 14.4. The average molecular weight is 361 g/mol. The fraction of sp³-hybridized carbons (Fsp3) is 0.0769. The number of hydrogen-bond donors (Lipinski definition) is 1. The molecule has 0 heterocycles. The molecule has 6 heteroatoms. The van der Waals surface area contributed by atoms with Crippen LogP contribution in [0.3, 0.4) is 0 Å². The third-order valence-corrected chi connectivity index (χ3v) is 4.81. The van der Waals surface area contributed by atoms with Gasteiger partial charge < -0.3 is 0 Å². The molecule has 0 bridgehead atoms. The number of hydrogen-bond acceptors (Lipinski definition) is 2. The van der Waals surface area contributed by atoms with Crippen LogP contribution in [-0.2, 0) is 10.0 Å². The Kier molecular flexibility index (Phi) is 4.18. The van der Waals surface area contributed by atoms with Crippen molar-refractivity contribution in [2.45, 2.75) is 11.8 Å². The second-order valence-corrected chi connectivity index (χ2v) is 7.02. The fourth-order valence-corrected chi connectivity index (χ4v) is 3.22. The molecule has 2 rings (SSSR count). The molecule has 2 aromatic carbocycles. The van der Waals surface area contributed by atoms with Gasteiger partial charge in [0.15, 0.2) is 0 Å². The van der Waals surface area contributed by atoms with E-state index in [0.717, 1.165) is 5.56 Å². The largest absolute Gasteiger partial charge is 0.278 e. The van der Waals surface area contributed by atoms with E-state index in [2.05, 4.69) is 20.7 Å². The topological polar surface area (TPSA) is 46.2 Å². The van der Waals surface area contributed by atoms with Crippen LogP contribution in [-0.4, -0.2) is 8.42 Å². The van der Waals surface area contributed by atoms with E-state index >= 15 is 0 Å². The smallest absolute Gasteiger partial charge is 0.261 e. The second kappa shape index (κ2) is 5.53. The molecule has 0 aliphatic heterocycles. The monoisotopic (exact) mass is 359 g/mol. The van der Waals surface area contributed by atoms with Crippen molar-refractivity contribution in [3.05, 3.63) is 57.5 Å². The van der Waals surface area contributed by atoms with Gasteiger partial charge in [-0.05, 0) is 53.2 Å². The Labute approximate surface area is 125 Å². The fourth-order valence-electron chi connectivity index (χ4n) is 1.50. The van der Waals surface area contributed by atoms with Crippen LogP contribution in [0.15, 0.2) is 51.8 Å². The molecule has 0 saturated heterocycles. The Morgan fingerprint density at radius 2 is 1.74 bits per heavy atom. The number of benzene rings is 2. The molecule has 0 amide bonds. The van der Waals surface area contributed by atoms with Crippen LogP contribution in [0.2, 0.25) is 5.02 Å². The molecule has 100 valence electrons. The summed E-state index contributed by atoms with van der Waals surface area (Å²) in [6.45, 7) is 1.90. The van der Waals surface area contributed by atoms with E-state index in [1.165, 1.54) is 0 Å². The summed E-state index contributed by atoms with van der Waals surface area (Å²) >= 11 is 9.14. The molecule has 0 aliphatic carbocycles.